The molecule has 1 amide bonds. The van der Waals surface area contributed by atoms with Gasteiger partial charge in [0.2, 0.25) is 0 Å². The number of hydrogen-bond donors (Lipinski definition) is 1. The van der Waals surface area contributed by atoms with Crippen molar-refractivity contribution in [3.8, 4) is 0 Å². The summed E-state index contributed by atoms with van der Waals surface area (Å²) in [5.41, 5.74) is 0.333. The van der Waals surface area contributed by atoms with E-state index in [1.165, 1.54) is 23.1 Å². The number of nitrogens with one attached hydrogen (secondary N) is 1. The van der Waals surface area contributed by atoms with E-state index in [1.54, 1.807) is 7.05 Å². The lowest BCUT2D eigenvalue weighted by Crippen LogP contribution is -2.30. The number of hydrogen-bond acceptors (Lipinski definition) is 4. The Labute approximate surface area is 119 Å². The molecule has 0 radical (unpaired) electrons. The average molecular weight is 298 g/mol. The average Bonchev–Trinajstić information content (AvgIpc) is 2.95. The lowest BCUT2D eigenvalue weighted by Gasteiger charge is -2.20. The van der Waals surface area contributed by atoms with Gasteiger partial charge in [-0.2, -0.15) is 5.21 Å². The van der Waals surface area contributed by atoms with E-state index in [-0.39, 0.29) is 16.8 Å². The maximum atomic E-state index is 13.1. The van der Waals surface area contributed by atoms with Crippen LogP contribution in [0.3, 0.4) is 0 Å². The SMILES string of the molecule is C[C@H](CN(C)C(=O)c1ccc(F)c(Cl)c1)c1nn[nH]n1. The molecule has 2 aromatic rings. The smallest absolute Gasteiger partial charge is 0.253 e. The number of tetrazole rings is 1. The van der Waals surface area contributed by atoms with Crippen molar-refractivity contribution in [3.05, 3.63) is 40.4 Å². The van der Waals surface area contributed by atoms with Gasteiger partial charge in [0.25, 0.3) is 5.91 Å². The zero-order valence-electron chi connectivity index (χ0n) is 11.0. The van der Waals surface area contributed by atoms with E-state index in [0.717, 1.165) is 0 Å². The van der Waals surface area contributed by atoms with Crippen LogP contribution in [0.15, 0.2) is 18.2 Å². The minimum atomic E-state index is -0.550. The Bertz CT molecular complexity index is 604. The highest BCUT2D eigenvalue weighted by Crippen LogP contribution is 2.18. The van der Waals surface area contributed by atoms with E-state index in [0.29, 0.717) is 17.9 Å². The van der Waals surface area contributed by atoms with Crippen molar-refractivity contribution in [1.29, 1.82) is 0 Å². The van der Waals surface area contributed by atoms with Gasteiger partial charge in [0.05, 0.1) is 5.02 Å². The van der Waals surface area contributed by atoms with Crippen LogP contribution >= 0.6 is 11.6 Å². The first-order valence-electron chi connectivity index (χ1n) is 5.93. The lowest BCUT2D eigenvalue weighted by atomic mass is 10.1. The second-order valence-corrected chi connectivity index (χ2v) is 4.89. The fourth-order valence-electron chi connectivity index (χ4n) is 1.80. The summed E-state index contributed by atoms with van der Waals surface area (Å²) in [7, 11) is 1.65. The van der Waals surface area contributed by atoms with Crippen LogP contribution in [0, 0.1) is 5.82 Å². The molecule has 0 aliphatic heterocycles. The molecule has 1 aromatic heterocycles. The molecule has 0 saturated heterocycles. The first-order chi connectivity index (χ1) is 9.49. The first-order valence-corrected chi connectivity index (χ1v) is 6.30. The van der Waals surface area contributed by atoms with Gasteiger partial charge in [0, 0.05) is 25.1 Å². The number of nitrogens with zero attached hydrogens (tertiary/aromatic N) is 4. The number of carbonyl (C=O) groups excluding carboxylic acids is 1. The molecular formula is C12H13ClFN5O. The van der Waals surface area contributed by atoms with Crippen molar-refractivity contribution >= 4 is 17.5 Å². The van der Waals surface area contributed by atoms with Gasteiger partial charge in [-0.3, -0.25) is 4.79 Å². The molecule has 0 aliphatic carbocycles. The van der Waals surface area contributed by atoms with Crippen LogP contribution in [0.2, 0.25) is 5.02 Å². The Balaban J connectivity index is 2.06. The largest absolute Gasteiger partial charge is 0.341 e. The third-order valence-electron chi connectivity index (χ3n) is 2.86. The Morgan fingerprint density at radius 2 is 2.30 bits per heavy atom. The molecule has 0 saturated carbocycles. The fourth-order valence-corrected chi connectivity index (χ4v) is 1.98. The highest BCUT2D eigenvalue weighted by atomic mass is 35.5. The Hall–Kier alpha value is -2.02. The molecule has 1 heterocycles. The Morgan fingerprint density at radius 3 is 2.90 bits per heavy atom. The molecule has 6 nitrogen and oxygen atoms in total. The fraction of sp³-hybridized carbons (Fsp3) is 0.333. The van der Waals surface area contributed by atoms with Crippen molar-refractivity contribution in [2.75, 3.05) is 13.6 Å². The second-order valence-electron chi connectivity index (χ2n) is 4.49. The molecule has 106 valence electrons. The predicted octanol–water partition coefficient (Wildman–Crippen LogP) is 1.87. The van der Waals surface area contributed by atoms with Crippen molar-refractivity contribution < 1.29 is 9.18 Å². The number of carbonyl (C=O) groups is 1. The Kier molecular flexibility index (Phi) is 4.29. The molecule has 2 rings (SSSR count). The minimum absolute atomic E-state index is 0.0707. The van der Waals surface area contributed by atoms with Crippen LogP contribution in [0.5, 0.6) is 0 Å². The molecule has 1 aromatic carbocycles. The molecular weight excluding hydrogens is 285 g/mol. The molecule has 0 aliphatic rings. The number of H-pyrrole nitrogens is 1. The number of aromatic nitrogens is 4. The van der Waals surface area contributed by atoms with E-state index in [9.17, 15) is 9.18 Å². The maximum absolute atomic E-state index is 13.1. The first kappa shape index (κ1) is 14.4. The van der Waals surface area contributed by atoms with Gasteiger partial charge in [0.15, 0.2) is 5.82 Å². The highest BCUT2D eigenvalue weighted by Gasteiger charge is 2.18. The van der Waals surface area contributed by atoms with Gasteiger partial charge in [0.1, 0.15) is 5.82 Å². The lowest BCUT2D eigenvalue weighted by molar-refractivity contribution is 0.0787. The normalized spacial score (nSPS) is 12.2. The standard InChI is InChI=1S/C12H13ClFN5O/c1-7(11-15-17-18-16-11)6-19(2)12(20)8-3-4-10(14)9(13)5-8/h3-5,7H,6H2,1-2H3,(H,15,16,17,18)/t7-/m1/s1. The van der Waals surface area contributed by atoms with Gasteiger partial charge < -0.3 is 4.90 Å². The number of amides is 1. The van der Waals surface area contributed by atoms with Gasteiger partial charge in [-0.15, -0.1) is 10.2 Å². The molecule has 0 spiro atoms. The van der Waals surface area contributed by atoms with E-state index < -0.39 is 5.82 Å². The van der Waals surface area contributed by atoms with Crippen molar-refractivity contribution in [2.45, 2.75) is 12.8 Å². The van der Waals surface area contributed by atoms with Gasteiger partial charge in [-0.1, -0.05) is 23.7 Å². The topological polar surface area (TPSA) is 74.8 Å². The second kappa shape index (κ2) is 5.96. The zero-order chi connectivity index (χ0) is 14.7. The number of aromatic amines is 1. The Morgan fingerprint density at radius 1 is 1.55 bits per heavy atom. The maximum Gasteiger partial charge on any atom is 0.253 e. The number of halogens is 2. The summed E-state index contributed by atoms with van der Waals surface area (Å²) in [6, 6.07) is 3.89. The van der Waals surface area contributed by atoms with Crippen LogP contribution < -0.4 is 0 Å². The molecule has 1 atom stereocenters. The molecule has 0 fully saturated rings. The van der Waals surface area contributed by atoms with Crippen molar-refractivity contribution in [2.24, 2.45) is 0 Å². The molecule has 0 unspecified atom stereocenters. The number of benzene rings is 1. The summed E-state index contributed by atoms with van der Waals surface area (Å²) in [5, 5.41) is 13.5. The van der Waals surface area contributed by atoms with Gasteiger partial charge in [-0.25, -0.2) is 4.39 Å². The van der Waals surface area contributed by atoms with E-state index >= 15 is 0 Å². The molecule has 8 heteroatoms. The van der Waals surface area contributed by atoms with Crippen LogP contribution in [-0.2, 0) is 0 Å². The summed E-state index contributed by atoms with van der Waals surface area (Å²) in [6.07, 6.45) is 0. The summed E-state index contributed by atoms with van der Waals surface area (Å²) in [4.78, 5) is 13.7. The van der Waals surface area contributed by atoms with E-state index in [2.05, 4.69) is 20.6 Å². The molecule has 20 heavy (non-hydrogen) atoms. The summed E-state index contributed by atoms with van der Waals surface area (Å²) < 4.78 is 13.1. The minimum Gasteiger partial charge on any atom is -0.341 e. The summed E-state index contributed by atoms with van der Waals surface area (Å²) in [5.74, 6) is -0.339. The van der Waals surface area contributed by atoms with Gasteiger partial charge >= 0.3 is 0 Å². The summed E-state index contributed by atoms with van der Waals surface area (Å²) in [6.45, 7) is 2.29. The monoisotopic (exact) mass is 297 g/mol. The van der Waals surface area contributed by atoms with Crippen LogP contribution in [0.4, 0.5) is 4.39 Å². The van der Waals surface area contributed by atoms with Crippen LogP contribution in [0.1, 0.15) is 29.0 Å². The number of likely N-dealkylation sites (N-methyl/N-ethyl adjacent to an activating group) is 1. The van der Waals surface area contributed by atoms with Crippen LogP contribution in [-0.4, -0.2) is 45.0 Å². The summed E-state index contributed by atoms with van der Waals surface area (Å²) >= 11 is 5.67. The predicted molar refractivity (Wildman–Crippen MR) is 71.0 cm³/mol. The van der Waals surface area contributed by atoms with Crippen molar-refractivity contribution in [1.82, 2.24) is 25.5 Å². The van der Waals surface area contributed by atoms with Gasteiger partial charge in [-0.05, 0) is 18.2 Å². The third kappa shape index (κ3) is 3.11. The highest BCUT2D eigenvalue weighted by molar-refractivity contribution is 6.31. The molecule has 0 bridgehead atoms. The van der Waals surface area contributed by atoms with E-state index in [4.69, 9.17) is 11.6 Å². The molecule has 1 N–H and O–H groups in total. The van der Waals surface area contributed by atoms with Crippen molar-refractivity contribution in [3.63, 3.8) is 0 Å². The van der Waals surface area contributed by atoms with E-state index in [1.807, 2.05) is 6.92 Å². The van der Waals surface area contributed by atoms with Crippen LogP contribution in [0.25, 0.3) is 0 Å². The zero-order valence-corrected chi connectivity index (χ0v) is 11.7. The number of rotatable bonds is 4. The quantitative estimate of drug-likeness (QED) is 0.935. The third-order valence-corrected chi connectivity index (χ3v) is 3.15.